The van der Waals surface area contributed by atoms with Crippen molar-refractivity contribution in [3.8, 4) is 5.75 Å². The molecule has 0 aliphatic rings. The summed E-state index contributed by atoms with van der Waals surface area (Å²) in [5.74, 6) is 0.630. The van der Waals surface area contributed by atoms with Crippen molar-refractivity contribution in [3.05, 3.63) is 82.4 Å². The lowest BCUT2D eigenvalue weighted by Crippen LogP contribution is -2.24. The van der Waals surface area contributed by atoms with Gasteiger partial charge in [-0.05, 0) is 35.4 Å². The Morgan fingerprint density at radius 2 is 1.82 bits per heavy atom. The van der Waals surface area contributed by atoms with Gasteiger partial charge < -0.3 is 10.1 Å². The summed E-state index contributed by atoms with van der Waals surface area (Å²) in [6.07, 6.45) is 1.41. The van der Waals surface area contributed by atoms with Crippen LogP contribution in [0.25, 0.3) is 0 Å². The van der Waals surface area contributed by atoms with Crippen molar-refractivity contribution >= 4 is 29.3 Å². The fourth-order valence-electron chi connectivity index (χ4n) is 2.32. The number of thioether (sulfide) groups is 1. The fraction of sp³-hybridized carbons (Fsp3) is 0.150. The van der Waals surface area contributed by atoms with E-state index < -0.39 is 0 Å². The Hall–Kier alpha value is -2.64. The third kappa shape index (κ3) is 5.43. The van der Waals surface area contributed by atoms with Crippen molar-refractivity contribution in [3.63, 3.8) is 0 Å². The molecule has 0 fully saturated rings. The Balaban J connectivity index is 1.62. The summed E-state index contributed by atoms with van der Waals surface area (Å²) in [7, 11) is 1.60. The summed E-state index contributed by atoms with van der Waals surface area (Å²) < 4.78 is 18.1. The summed E-state index contributed by atoms with van der Waals surface area (Å²) in [4.78, 5) is 20.9. The smallest absolute Gasteiger partial charge is 0.271 e. The van der Waals surface area contributed by atoms with Crippen LogP contribution in [0.2, 0.25) is 5.02 Å². The second-order valence-corrected chi connectivity index (χ2v) is 7.14. The van der Waals surface area contributed by atoms with E-state index in [-0.39, 0.29) is 22.4 Å². The maximum Gasteiger partial charge on any atom is 0.271 e. The number of amides is 1. The van der Waals surface area contributed by atoms with Gasteiger partial charge in [-0.25, -0.2) is 14.4 Å². The van der Waals surface area contributed by atoms with Crippen molar-refractivity contribution in [2.45, 2.75) is 17.5 Å². The zero-order valence-corrected chi connectivity index (χ0v) is 16.6. The van der Waals surface area contributed by atoms with E-state index in [9.17, 15) is 9.18 Å². The van der Waals surface area contributed by atoms with Crippen LogP contribution in [0.3, 0.4) is 0 Å². The van der Waals surface area contributed by atoms with Crippen LogP contribution in [0.5, 0.6) is 5.75 Å². The summed E-state index contributed by atoms with van der Waals surface area (Å²) in [5, 5.41) is 3.39. The molecule has 28 heavy (non-hydrogen) atoms. The maximum absolute atomic E-state index is 13.0. The standard InChI is InChI=1S/C20H17ClFN3O2S/c1-27-16-8-4-13(5-9-16)10-23-19(26)18-17(21)11-24-20(25-18)28-12-14-2-6-15(22)7-3-14/h2-9,11H,10,12H2,1H3,(H,23,26). The predicted molar refractivity (Wildman–Crippen MR) is 107 cm³/mol. The molecule has 0 aliphatic heterocycles. The number of nitrogens with one attached hydrogen (secondary N) is 1. The third-order valence-electron chi connectivity index (χ3n) is 3.83. The van der Waals surface area contributed by atoms with Gasteiger partial charge in [-0.2, -0.15) is 0 Å². The number of benzene rings is 2. The number of aromatic nitrogens is 2. The third-order valence-corrected chi connectivity index (χ3v) is 5.04. The molecule has 5 nitrogen and oxygen atoms in total. The van der Waals surface area contributed by atoms with E-state index in [0.717, 1.165) is 16.9 Å². The first-order valence-corrected chi connectivity index (χ1v) is 9.72. The molecule has 144 valence electrons. The van der Waals surface area contributed by atoms with Crippen LogP contribution in [-0.2, 0) is 12.3 Å². The zero-order chi connectivity index (χ0) is 19.9. The Morgan fingerprint density at radius 3 is 2.50 bits per heavy atom. The van der Waals surface area contributed by atoms with Gasteiger partial charge in [0.2, 0.25) is 0 Å². The van der Waals surface area contributed by atoms with E-state index in [0.29, 0.717) is 17.5 Å². The number of rotatable bonds is 7. The molecular weight excluding hydrogens is 401 g/mol. The molecule has 1 aromatic heterocycles. The summed E-state index contributed by atoms with van der Waals surface area (Å²) in [6, 6.07) is 13.6. The van der Waals surface area contributed by atoms with Gasteiger partial charge in [0.25, 0.3) is 5.91 Å². The molecule has 8 heteroatoms. The first-order chi connectivity index (χ1) is 13.5. The molecule has 0 atom stereocenters. The number of hydrogen-bond acceptors (Lipinski definition) is 5. The van der Waals surface area contributed by atoms with Gasteiger partial charge in [0.1, 0.15) is 11.6 Å². The quantitative estimate of drug-likeness (QED) is 0.453. The normalized spacial score (nSPS) is 10.5. The zero-order valence-electron chi connectivity index (χ0n) is 15.0. The lowest BCUT2D eigenvalue weighted by molar-refractivity contribution is 0.0945. The van der Waals surface area contributed by atoms with Crippen molar-refractivity contribution in [1.82, 2.24) is 15.3 Å². The molecule has 0 unspecified atom stereocenters. The molecule has 3 rings (SSSR count). The van der Waals surface area contributed by atoms with Gasteiger partial charge >= 0.3 is 0 Å². The summed E-state index contributed by atoms with van der Waals surface area (Å²) >= 11 is 7.43. The highest BCUT2D eigenvalue weighted by molar-refractivity contribution is 7.98. The van der Waals surface area contributed by atoms with Crippen molar-refractivity contribution in [2.75, 3.05) is 7.11 Å². The molecule has 0 bridgehead atoms. The van der Waals surface area contributed by atoms with Crippen LogP contribution >= 0.6 is 23.4 Å². The van der Waals surface area contributed by atoms with Crippen LogP contribution in [0, 0.1) is 5.82 Å². The monoisotopic (exact) mass is 417 g/mol. The summed E-state index contributed by atoms with van der Waals surface area (Å²) in [6.45, 7) is 0.335. The van der Waals surface area contributed by atoms with E-state index in [2.05, 4.69) is 15.3 Å². The van der Waals surface area contributed by atoms with E-state index in [1.807, 2.05) is 24.3 Å². The Morgan fingerprint density at radius 1 is 1.14 bits per heavy atom. The van der Waals surface area contributed by atoms with Gasteiger partial charge in [0, 0.05) is 12.3 Å². The number of nitrogens with zero attached hydrogens (tertiary/aromatic N) is 2. The molecule has 0 saturated carbocycles. The molecule has 0 spiro atoms. The molecule has 0 radical (unpaired) electrons. The SMILES string of the molecule is COc1ccc(CNC(=O)c2nc(SCc3ccc(F)cc3)ncc2Cl)cc1. The highest BCUT2D eigenvalue weighted by Gasteiger charge is 2.14. The van der Waals surface area contributed by atoms with E-state index in [1.54, 1.807) is 19.2 Å². The van der Waals surface area contributed by atoms with Gasteiger partial charge in [-0.1, -0.05) is 47.6 Å². The Kier molecular flexibility index (Phi) is 6.84. The second kappa shape index (κ2) is 9.52. The highest BCUT2D eigenvalue weighted by atomic mass is 35.5. The molecular formula is C20H17ClFN3O2S. The highest BCUT2D eigenvalue weighted by Crippen LogP contribution is 2.22. The average molecular weight is 418 g/mol. The van der Waals surface area contributed by atoms with Crippen molar-refractivity contribution in [1.29, 1.82) is 0 Å². The number of hydrogen-bond donors (Lipinski definition) is 1. The molecule has 0 saturated heterocycles. The Labute approximate surface area is 171 Å². The molecule has 2 aromatic carbocycles. The number of halogens is 2. The van der Waals surface area contributed by atoms with Crippen molar-refractivity contribution in [2.24, 2.45) is 0 Å². The minimum absolute atomic E-state index is 0.117. The first-order valence-electron chi connectivity index (χ1n) is 8.36. The molecule has 1 heterocycles. The van der Waals surface area contributed by atoms with E-state index in [4.69, 9.17) is 16.3 Å². The average Bonchev–Trinajstić information content (AvgIpc) is 2.73. The van der Waals surface area contributed by atoms with E-state index >= 15 is 0 Å². The molecule has 0 aliphatic carbocycles. The lowest BCUT2D eigenvalue weighted by atomic mass is 10.2. The van der Waals surface area contributed by atoms with E-state index in [1.165, 1.54) is 30.1 Å². The Bertz CT molecular complexity index is 953. The van der Waals surface area contributed by atoms with Gasteiger partial charge in [0.15, 0.2) is 10.9 Å². The van der Waals surface area contributed by atoms with Crippen LogP contribution in [0.1, 0.15) is 21.6 Å². The molecule has 3 aromatic rings. The second-order valence-electron chi connectivity index (χ2n) is 5.80. The minimum atomic E-state index is -0.383. The molecule has 1 amide bonds. The largest absolute Gasteiger partial charge is 0.497 e. The van der Waals surface area contributed by atoms with Crippen LogP contribution in [0.15, 0.2) is 59.9 Å². The predicted octanol–water partition coefficient (Wildman–Crippen LogP) is 4.50. The number of carbonyl (C=O) groups is 1. The van der Waals surface area contributed by atoms with Gasteiger partial charge in [0.05, 0.1) is 18.3 Å². The summed E-state index contributed by atoms with van der Waals surface area (Å²) in [5.41, 5.74) is 1.97. The number of methoxy groups -OCH3 is 1. The minimum Gasteiger partial charge on any atom is -0.497 e. The van der Waals surface area contributed by atoms with Crippen LogP contribution in [-0.4, -0.2) is 23.0 Å². The van der Waals surface area contributed by atoms with Crippen LogP contribution < -0.4 is 10.1 Å². The van der Waals surface area contributed by atoms with Crippen molar-refractivity contribution < 1.29 is 13.9 Å². The maximum atomic E-state index is 13.0. The first kappa shape index (κ1) is 20.1. The number of ether oxygens (including phenoxy) is 1. The van der Waals surface area contributed by atoms with Crippen LogP contribution in [0.4, 0.5) is 4.39 Å². The van der Waals surface area contributed by atoms with Gasteiger partial charge in [-0.3, -0.25) is 4.79 Å². The molecule has 1 N–H and O–H groups in total. The van der Waals surface area contributed by atoms with Gasteiger partial charge in [-0.15, -0.1) is 0 Å². The lowest BCUT2D eigenvalue weighted by Gasteiger charge is -2.08. The number of carbonyl (C=O) groups excluding carboxylic acids is 1. The topological polar surface area (TPSA) is 64.1 Å². The fourth-order valence-corrected chi connectivity index (χ4v) is 3.27.